The van der Waals surface area contributed by atoms with Crippen LogP contribution >= 0.6 is 0 Å². The van der Waals surface area contributed by atoms with Crippen LogP contribution in [0.2, 0.25) is 0 Å². The van der Waals surface area contributed by atoms with E-state index in [4.69, 9.17) is 4.55 Å². The van der Waals surface area contributed by atoms with Crippen LogP contribution in [0.25, 0.3) is 0 Å². The zero-order valence-corrected chi connectivity index (χ0v) is 10.1. The highest BCUT2D eigenvalue weighted by molar-refractivity contribution is 7.83. The Kier molecular flexibility index (Phi) is 6.17. The molecule has 1 saturated heterocycles. The highest BCUT2D eigenvalue weighted by Gasteiger charge is 2.17. The van der Waals surface area contributed by atoms with Gasteiger partial charge in [0.05, 0.1) is 0 Å². The molecule has 0 bridgehead atoms. The zero-order chi connectivity index (χ0) is 11.9. The van der Waals surface area contributed by atoms with Gasteiger partial charge in [-0.25, -0.2) is 0 Å². The Bertz CT molecular complexity index is 271. The number of hydrogen-bond acceptors (Lipinski definition) is 5. The fraction of sp³-hybridized carbons (Fsp3) is 1.00. The third kappa shape index (κ3) is 5.73. The number of nitrogens with zero attached hydrogens (tertiary/aromatic N) is 1. The molecule has 8 heteroatoms. The fourth-order valence-corrected chi connectivity index (χ4v) is 2.12. The van der Waals surface area contributed by atoms with Crippen LogP contribution < -0.4 is 16.0 Å². The first-order chi connectivity index (χ1) is 7.61. The first-order valence-electron chi connectivity index (χ1n) is 5.45. The van der Waals surface area contributed by atoms with E-state index in [2.05, 4.69) is 16.0 Å². The number of rotatable bonds is 1. The third-order valence-corrected chi connectivity index (χ3v) is 3.38. The minimum Gasteiger partial charge on any atom is -0.314 e. The molecule has 1 rings (SSSR count). The van der Waals surface area contributed by atoms with Crippen molar-refractivity contribution in [1.82, 2.24) is 20.3 Å². The van der Waals surface area contributed by atoms with Gasteiger partial charge in [-0.3, -0.25) is 4.55 Å². The molecule has 7 nitrogen and oxygen atoms in total. The van der Waals surface area contributed by atoms with Crippen molar-refractivity contribution in [2.45, 2.75) is 0 Å². The summed E-state index contributed by atoms with van der Waals surface area (Å²) in [4.78, 5) is 0. The minimum atomic E-state index is -4.08. The van der Waals surface area contributed by atoms with Gasteiger partial charge < -0.3 is 16.0 Å². The summed E-state index contributed by atoms with van der Waals surface area (Å²) in [5.74, 6) is 0. The van der Waals surface area contributed by atoms with Gasteiger partial charge >= 0.3 is 10.3 Å². The van der Waals surface area contributed by atoms with Crippen LogP contribution in [-0.4, -0.2) is 69.6 Å². The summed E-state index contributed by atoms with van der Waals surface area (Å²) in [6.07, 6.45) is 0. The van der Waals surface area contributed by atoms with E-state index < -0.39 is 10.3 Å². The quantitative estimate of drug-likeness (QED) is 0.399. The number of nitrogens with one attached hydrogen (secondary N) is 3. The predicted molar refractivity (Wildman–Crippen MR) is 61.7 cm³/mol. The van der Waals surface area contributed by atoms with Crippen LogP contribution in [0.4, 0.5) is 0 Å². The Hall–Kier alpha value is -0.250. The van der Waals surface area contributed by atoms with Crippen molar-refractivity contribution >= 4 is 10.3 Å². The van der Waals surface area contributed by atoms with Crippen LogP contribution in [0.5, 0.6) is 0 Å². The van der Waals surface area contributed by atoms with E-state index in [1.54, 1.807) is 0 Å². The molecule has 0 aromatic carbocycles. The molecule has 0 aromatic heterocycles. The van der Waals surface area contributed by atoms with E-state index >= 15 is 0 Å². The molecule has 1 aliphatic heterocycles. The maximum Gasteiger partial charge on any atom is 0.335 e. The molecule has 16 heavy (non-hydrogen) atoms. The van der Waals surface area contributed by atoms with Crippen molar-refractivity contribution in [2.75, 3.05) is 52.4 Å². The van der Waals surface area contributed by atoms with Crippen molar-refractivity contribution in [3.8, 4) is 0 Å². The van der Waals surface area contributed by atoms with Gasteiger partial charge in [-0.05, 0) is 0 Å². The van der Waals surface area contributed by atoms with Gasteiger partial charge in [-0.1, -0.05) is 0 Å². The molecular weight excluding hydrogens is 232 g/mol. The SMILES string of the molecule is O=S(=O)(O)N1CCNCCNCCNCC1. The van der Waals surface area contributed by atoms with Gasteiger partial charge in [-0.2, -0.15) is 12.7 Å². The second kappa shape index (κ2) is 7.15. The molecule has 0 aliphatic carbocycles. The standard InChI is InChI=1S/C8H20N4O3S/c13-16(14,15)12-7-5-10-3-1-9-2-4-11-6-8-12/h9-11H,1-8H2,(H,13,14,15). The Morgan fingerprint density at radius 2 is 1.19 bits per heavy atom. The second-order valence-corrected chi connectivity index (χ2v) is 5.04. The molecule has 1 aliphatic rings. The average molecular weight is 252 g/mol. The van der Waals surface area contributed by atoms with Crippen LogP contribution in [0.1, 0.15) is 0 Å². The van der Waals surface area contributed by atoms with Crippen molar-refractivity contribution < 1.29 is 13.0 Å². The van der Waals surface area contributed by atoms with Gasteiger partial charge in [0, 0.05) is 52.4 Å². The lowest BCUT2D eigenvalue weighted by atomic mass is 10.4. The molecule has 0 atom stereocenters. The second-order valence-electron chi connectivity index (χ2n) is 3.63. The highest BCUT2D eigenvalue weighted by atomic mass is 32.2. The van der Waals surface area contributed by atoms with Gasteiger partial charge in [0.25, 0.3) is 0 Å². The lowest BCUT2D eigenvalue weighted by Crippen LogP contribution is -2.43. The van der Waals surface area contributed by atoms with Crippen LogP contribution in [0.3, 0.4) is 0 Å². The van der Waals surface area contributed by atoms with E-state index in [-0.39, 0.29) is 0 Å². The smallest absolute Gasteiger partial charge is 0.314 e. The van der Waals surface area contributed by atoms with Crippen LogP contribution in [-0.2, 0) is 10.3 Å². The normalized spacial score (nSPS) is 23.3. The van der Waals surface area contributed by atoms with Crippen molar-refractivity contribution in [3.05, 3.63) is 0 Å². The van der Waals surface area contributed by atoms with E-state index in [1.807, 2.05) is 0 Å². The molecule has 0 aromatic rings. The summed E-state index contributed by atoms with van der Waals surface area (Å²) < 4.78 is 32.1. The molecule has 0 radical (unpaired) electrons. The molecule has 4 N–H and O–H groups in total. The zero-order valence-electron chi connectivity index (χ0n) is 9.28. The monoisotopic (exact) mass is 252 g/mol. The summed E-state index contributed by atoms with van der Waals surface area (Å²) in [5, 5.41) is 9.45. The Labute approximate surface area is 96.5 Å². The molecule has 0 amide bonds. The molecule has 1 fully saturated rings. The van der Waals surface area contributed by atoms with Crippen LogP contribution in [0.15, 0.2) is 0 Å². The van der Waals surface area contributed by atoms with E-state index in [0.717, 1.165) is 30.5 Å². The summed E-state index contributed by atoms with van der Waals surface area (Å²) in [7, 11) is -4.08. The van der Waals surface area contributed by atoms with Gasteiger partial charge in [-0.15, -0.1) is 0 Å². The topological polar surface area (TPSA) is 93.7 Å². The summed E-state index contributed by atoms with van der Waals surface area (Å²) in [5.41, 5.74) is 0. The van der Waals surface area contributed by atoms with Crippen LogP contribution in [0, 0.1) is 0 Å². The Balaban J connectivity index is 2.42. The fourth-order valence-electron chi connectivity index (χ4n) is 1.48. The predicted octanol–water partition coefficient (Wildman–Crippen LogP) is -2.13. The highest BCUT2D eigenvalue weighted by Crippen LogP contribution is 1.95. The van der Waals surface area contributed by atoms with Gasteiger partial charge in [0.2, 0.25) is 0 Å². The van der Waals surface area contributed by atoms with E-state index in [0.29, 0.717) is 26.2 Å². The molecule has 0 saturated carbocycles. The Morgan fingerprint density at radius 1 is 0.812 bits per heavy atom. The molecule has 0 spiro atoms. The van der Waals surface area contributed by atoms with Gasteiger partial charge in [0.1, 0.15) is 0 Å². The lowest BCUT2D eigenvalue weighted by Gasteiger charge is -2.20. The van der Waals surface area contributed by atoms with E-state index in [1.165, 1.54) is 0 Å². The Morgan fingerprint density at radius 3 is 1.56 bits per heavy atom. The third-order valence-electron chi connectivity index (χ3n) is 2.36. The van der Waals surface area contributed by atoms with Crippen molar-refractivity contribution in [2.24, 2.45) is 0 Å². The maximum atomic E-state index is 11.0. The summed E-state index contributed by atoms with van der Waals surface area (Å²) in [6.45, 7) is 4.96. The van der Waals surface area contributed by atoms with Crippen molar-refractivity contribution in [1.29, 1.82) is 0 Å². The van der Waals surface area contributed by atoms with Gasteiger partial charge in [0.15, 0.2) is 0 Å². The minimum absolute atomic E-state index is 0.292. The molecular formula is C8H20N4O3S. The maximum absolute atomic E-state index is 11.0. The number of hydrogen-bond donors (Lipinski definition) is 4. The summed E-state index contributed by atoms with van der Waals surface area (Å²) in [6, 6.07) is 0. The molecule has 1 heterocycles. The first kappa shape index (κ1) is 13.8. The first-order valence-corrected chi connectivity index (χ1v) is 6.85. The average Bonchev–Trinajstić information content (AvgIpc) is 2.16. The van der Waals surface area contributed by atoms with Crippen molar-refractivity contribution in [3.63, 3.8) is 0 Å². The summed E-state index contributed by atoms with van der Waals surface area (Å²) >= 11 is 0. The lowest BCUT2D eigenvalue weighted by molar-refractivity contribution is 0.343. The largest absolute Gasteiger partial charge is 0.335 e. The molecule has 96 valence electrons. The molecule has 0 unspecified atom stereocenters. The van der Waals surface area contributed by atoms with E-state index in [9.17, 15) is 8.42 Å².